The van der Waals surface area contributed by atoms with E-state index in [2.05, 4.69) is 10.2 Å². The molecule has 0 radical (unpaired) electrons. The molecule has 102 valence electrons. The summed E-state index contributed by atoms with van der Waals surface area (Å²) in [4.78, 5) is 15.0. The van der Waals surface area contributed by atoms with E-state index in [0.717, 1.165) is 44.5 Å². The Morgan fingerprint density at radius 2 is 1.79 bits per heavy atom. The summed E-state index contributed by atoms with van der Waals surface area (Å²) in [6.07, 6.45) is 5.79. The molecular formula is C16H22N2O. The number of hydrogen-bond acceptors (Lipinski definition) is 2. The number of hydrogen-bond donors (Lipinski definition) is 1. The summed E-state index contributed by atoms with van der Waals surface area (Å²) in [6.45, 7) is 3.00. The van der Waals surface area contributed by atoms with E-state index < -0.39 is 0 Å². The van der Waals surface area contributed by atoms with Crippen LogP contribution >= 0.6 is 0 Å². The van der Waals surface area contributed by atoms with Crippen molar-refractivity contribution in [2.75, 3.05) is 19.6 Å². The van der Waals surface area contributed by atoms with Crippen molar-refractivity contribution in [2.24, 2.45) is 0 Å². The Hall–Kier alpha value is -1.35. The van der Waals surface area contributed by atoms with Crippen LogP contribution in [0.3, 0.4) is 0 Å². The molecule has 2 saturated heterocycles. The Morgan fingerprint density at radius 1 is 1.05 bits per heavy atom. The smallest absolute Gasteiger partial charge is 0.254 e. The van der Waals surface area contributed by atoms with Gasteiger partial charge in [0, 0.05) is 17.6 Å². The second kappa shape index (κ2) is 5.33. The lowest BCUT2D eigenvalue weighted by molar-refractivity contribution is 0.0182. The van der Waals surface area contributed by atoms with E-state index in [9.17, 15) is 4.79 Å². The first kappa shape index (κ1) is 12.7. The average Bonchev–Trinajstić information content (AvgIpc) is 2.49. The molecule has 0 aromatic heterocycles. The van der Waals surface area contributed by atoms with Crippen LogP contribution in [0.4, 0.5) is 0 Å². The summed E-state index contributed by atoms with van der Waals surface area (Å²) in [5.74, 6) is 0.224. The molecule has 2 aliphatic heterocycles. The summed E-state index contributed by atoms with van der Waals surface area (Å²) >= 11 is 0. The Labute approximate surface area is 115 Å². The van der Waals surface area contributed by atoms with Crippen molar-refractivity contribution in [1.29, 1.82) is 0 Å². The molecule has 1 aromatic rings. The van der Waals surface area contributed by atoms with Gasteiger partial charge in [-0.3, -0.25) is 4.79 Å². The van der Waals surface area contributed by atoms with E-state index in [1.165, 1.54) is 12.8 Å². The fourth-order valence-corrected chi connectivity index (χ4v) is 3.56. The molecule has 1 aromatic carbocycles. The van der Waals surface area contributed by atoms with Gasteiger partial charge < -0.3 is 10.2 Å². The van der Waals surface area contributed by atoms with Crippen LogP contribution in [-0.2, 0) is 0 Å². The first-order valence-corrected chi connectivity index (χ1v) is 7.40. The van der Waals surface area contributed by atoms with Crippen LogP contribution in [0.2, 0.25) is 0 Å². The molecule has 1 amide bonds. The Bertz CT molecular complexity index is 429. The Balaban J connectivity index is 1.86. The minimum Gasteiger partial charge on any atom is -0.333 e. The number of likely N-dealkylation sites (tertiary alicyclic amines) is 1. The third-order valence-corrected chi connectivity index (χ3v) is 4.65. The molecule has 0 atom stereocenters. The monoisotopic (exact) mass is 258 g/mol. The summed E-state index contributed by atoms with van der Waals surface area (Å²) in [6, 6.07) is 9.74. The second-order valence-corrected chi connectivity index (χ2v) is 5.75. The first-order chi connectivity index (χ1) is 9.32. The predicted molar refractivity (Wildman–Crippen MR) is 76.2 cm³/mol. The third-order valence-electron chi connectivity index (χ3n) is 4.65. The van der Waals surface area contributed by atoms with Crippen molar-refractivity contribution < 1.29 is 4.79 Å². The quantitative estimate of drug-likeness (QED) is 0.839. The van der Waals surface area contributed by atoms with Crippen LogP contribution < -0.4 is 5.32 Å². The summed E-state index contributed by atoms with van der Waals surface area (Å²) in [7, 11) is 0. The van der Waals surface area contributed by atoms with Crippen molar-refractivity contribution in [3.8, 4) is 0 Å². The van der Waals surface area contributed by atoms with Crippen molar-refractivity contribution in [2.45, 2.75) is 37.6 Å². The van der Waals surface area contributed by atoms with Crippen LogP contribution in [-0.4, -0.2) is 36.0 Å². The molecule has 2 fully saturated rings. The highest BCUT2D eigenvalue weighted by Gasteiger charge is 2.42. The van der Waals surface area contributed by atoms with Crippen LogP contribution in [0.1, 0.15) is 42.5 Å². The van der Waals surface area contributed by atoms with Gasteiger partial charge in [0.25, 0.3) is 5.91 Å². The van der Waals surface area contributed by atoms with E-state index in [1.54, 1.807) is 0 Å². The molecular weight excluding hydrogens is 236 g/mol. The molecule has 0 aliphatic carbocycles. The number of amides is 1. The van der Waals surface area contributed by atoms with Gasteiger partial charge in [-0.25, -0.2) is 0 Å². The molecule has 0 saturated carbocycles. The highest BCUT2D eigenvalue weighted by Crippen LogP contribution is 2.36. The molecule has 3 heteroatoms. The van der Waals surface area contributed by atoms with Crippen LogP contribution in [0.25, 0.3) is 0 Å². The van der Waals surface area contributed by atoms with E-state index in [4.69, 9.17) is 0 Å². The fraction of sp³-hybridized carbons (Fsp3) is 0.562. The Kier molecular flexibility index (Phi) is 3.56. The minimum absolute atomic E-state index is 0.121. The molecule has 3 rings (SSSR count). The molecule has 2 heterocycles. The zero-order valence-corrected chi connectivity index (χ0v) is 11.4. The van der Waals surface area contributed by atoms with Gasteiger partial charge in [-0.2, -0.15) is 0 Å². The largest absolute Gasteiger partial charge is 0.333 e. The maximum atomic E-state index is 12.8. The van der Waals surface area contributed by atoms with Crippen molar-refractivity contribution in [3.05, 3.63) is 35.9 Å². The van der Waals surface area contributed by atoms with Crippen LogP contribution in [0, 0.1) is 0 Å². The van der Waals surface area contributed by atoms with Crippen LogP contribution in [0.15, 0.2) is 30.3 Å². The number of rotatable bonds is 1. The van der Waals surface area contributed by atoms with Gasteiger partial charge in [0.2, 0.25) is 0 Å². The number of carbonyl (C=O) groups excluding carboxylic acids is 1. The number of nitrogens with one attached hydrogen (secondary N) is 1. The lowest BCUT2D eigenvalue weighted by Crippen LogP contribution is -2.58. The standard InChI is InChI=1S/C16H22N2O/c19-15(14-6-2-1-3-7-14)18-13-5-4-8-16(18)9-11-17-12-10-16/h1-3,6-7,17H,4-5,8-13H2. The Morgan fingerprint density at radius 3 is 2.53 bits per heavy atom. The van der Waals surface area contributed by atoms with E-state index in [-0.39, 0.29) is 11.4 Å². The second-order valence-electron chi connectivity index (χ2n) is 5.75. The van der Waals surface area contributed by atoms with Gasteiger partial charge in [0.05, 0.1) is 0 Å². The first-order valence-electron chi connectivity index (χ1n) is 7.40. The third kappa shape index (κ3) is 2.39. The normalized spacial score (nSPS) is 22.4. The summed E-state index contributed by atoms with van der Waals surface area (Å²) < 4.78 is 0. The molecule has 0 unspecified atom stereocenters. The van der Waals surface area contributed by atoms with E-state index in [1.807, 2.05) is 30.3 Å². The van der Waals surface area contributed by atoms with Crippen molar-refractivity contribution >= 4 is 5.91 Å². The fourth-order valence-electron chi connectivity index (χ4n) is 3.56. The average molecular weight is 258 g/mol. The number of carbonyl (C=O) groups is 1. The lowest BCUT2D eigenvalue weighted by Gasteiger charge is -2.49. The highest BCUT2D eigenvalue weighted by atomic mass is 16.2. The molecule has 2 aliphatic rings. The topological polar surface area (TPSA) is 32.3 Å². The van der Waals surface area contributed by atoms with Gasteiger partial charge in [-0.15, -0.1) is 0 Å². The van der Waals surface area contributed by atoms with Gasteiger partial charge in [0.1, 0.15) is 0 Å². The summed E-state index contributed by atoms with van der Waals surface area (Å²) in [5.41, 5.74) is 0.957. The van der Waals surface area contributed by atoms with Gasteiger partial charge >= 0.3 is 0 Å². The van der Waals surface area contributed by atoms with Gasteiger partial charge in [-0.05, 0) is 57.3 Å². The number of piperidine rings is 2. The highest BCUT2D eigenvalue weighted by molar-refractivity contribution is 5.94. The number of benzene rings is 1. The zero-order valence-electron chi connectivity index (χ0n) is 11.4. The molecule has 1 N–H and O–H groups in total. The van der Waals surface area contributed by atoms with Crippen molar-refractivity contribution in [3.63, 3.8) is 0 Å². The van der Waals surface area contributed by atoms with Crippen molar-refractivity contribution in [1.82, 2.24) is 10.2 Å². The number of nitrogens with zero attached hydrogens (tertiary/aromatic N) is 1. The molecule has 3 nitrogen and oxygen atoms in total. The predicted octanol–water partition coefficient (Wildman–Crippen LogP) is 2.43. The van der Waals surface area contributed by atoms with E-state index >= 15 is 0 Å². The SMILES string of the molecule is O=C(c1ccccc1)N1CCCCC12CCNCC2. The minimum atomic E-state index is 0.121. The maximum absolute atomic E-state index is 12.8. The molecule has 0 bridgehead atoms. The van der Waals surface area contributed by atoms with E-state index in [0.29, 0.717) is 0 Å². The maximum Gasteiger partial charge on any atom is 0.254 e. The lowest BCUT2D eigenvalue weighted by atomic mass is 9.78. The summed E-state index contributed by atoms with van der Waals surface area (Å²) in [5, 5.41) is 3.42. The van der Waals surface area contributed by atoms with Crippen LogP contribution in [0.5, 0.6) is 0 Å². The van der Waals surface area contributed by atoms with Gasteiger partial charge in [-0.1, -0.05) is 18.2 Å². The molecule has 1 spiro atoms. The molecule has 19 heavy (non-hydrogen) atoms. The zero-order chi connectivity index (χ0) is 13.1. The van der Waals surface area contributed by atoms with Gasteiger partial charge in [0.15, 0.2) is 0 Å².